The van der Waals surface area contributed by atoms with Gasteiger partial charge >= 0.3 is 0 Å². The van der Waals surface area contributed by atoms with Crippen LogP contribution in [-0.4, -0.2) is 27.1 Å². The first kappa shape index (κ1) is 14.4. The fourth-order valence-electron chi connectivity index (χ4n) is 3.00. The number of rotatable bonds is 4. The molecular weight excluding hydrogens is 280 g/mol. The Kier molecular flexibility index (Phi) is 3.75. The third kappa shape index (κ3) is 2.30. The molecule has 0 heterocycles. The molecule has 0 amide bonds. The largest absolute Gasteiger partial charge is 0.497 e. The van der Waals surface area contributed by atoms with Gasteiger partial charge in [0.05, 0.1) is 21.3 Å². The van der Waals surface area contributed by atoms with E-state index in [1.54, 1.807) is 27.4 Å². The number of hydrogen-bond donors (Lipinski definition) is 0. The summed E-state index contributed by atoms with van der Waals surface area (Å²) in [5.41, 5.74) is 2.71. The van der Waals surface area contributed by atoms with Gasteiger partial charge in [0.2, 0.25) is 0 Å². The van der Waals surface area contributed by atoms with Crippen LogP contribution in [0.25, 0.3) is 0 Å². The van der Waals surface area contributed by atoms with Crippen LogP contribution in [-0.2, 0) is 0 Å². The number of hydrogen-bond acceptors (Lipinski definition) is 4. The van der Waals surface area contributed by atoms with Crippen molar-refractivity contribution in [3.8, 4) is 17.2 Å². The Morgan fingerprint density at radius 1 is 0.909 bits per heavy atom. The fraction of sp³-hybridized carbons (Fsp3) is 0.278. The van der Waals surface area contributed by atoms with Gasteiger partial charge in [0.25, 0.3) is 0 Å². The van der Waals surface area contributed by atoms with Crippen molar-refractivity contribution >= 4 is 5.78 Å². The first-order chi connectivity index (χ1) is 10.7. The minimum absolute atomic E-state index is 0.00858. The lowest BCUT2D eigenvalue weighted by atomic mass is 9.92. The number of methoxy groups -OCH3 is 3. The topological polar surface area (TPSA) is 44.8 Å². The van der Waals surface area contributed by atoms with E-state index in [1.165, 1.54) is 0 Å². The van der Waals surface area contributed by atoms with Crippen LogP contribution in [0, 0.1) is 0 Å². The van der Waals surface area contributed by atoms with E-state index in [9.17, 15) is 4.79 Å². The monoisotopic (exact) mass is 298 g/mol. The first-order valence-electron chi connectivity index (χ1n) is 7.11. The summed E-state index contributed by atoms with van der Waals surface area (Å²) in [5.74, 6) is 2.26. The average Bonchev–Trinajstić information content (AvgIpc) is 2.91. The molecule has 4 heteroatoms. The van der Waals surface area contributed by atoms with E-state index < -0.39 is 0 Å². The van der Waals surface area contributed by atoms with Crippen LogP contribution in [0.4, 0.5) is 0 Å². The number of ketones is 1. The summed E-state index contributed by atoms with van der Waals surface area (Å²) in [4.78, 5) is 12.4. The molecule has 114 valence electrons. The molecule has 0 aromatic heterocycles. The maximum absolute atomic E-state index is 12.4. The normalized spacial score (nSPS) is 16.3. The summed E-state index contributed by atoms with van der Waals surface area (Å²) in [5, 5.41) is 0. The number of ether oxygens (including phenoxy) is 3. The van der Waals surface area contributed by atoms with Crippen LogP contribution >= 0.6 is 0 Å². The Labute approximate surface area is 129 Å². The summed E-state index contributed by atoms with van der Waals surface area (Å²) in [6, 6.07) is 11.4. The number of Topliss-reactive ketones (excluding diaryl/α,β-unsaturated/α-hetero) is 1. The van der Waals surface area contributed by atoms with E-state index >= 15 is 0 Å². The molecule has 3 rings (SSSR count). The number of benzene rings is 2. The van der Waals surface area contributed by atoms with E-state index in [1.807, 2.05) is 30.3 Å². The van der Waals surface area contributed by atoms with Crippen molar-refractivity contribution in [2.45, 2.75) is 12.3 Å². The summed E-state index contributed by atoms with van der Waals surface area (Å²) < 4.78 is 15.9. The zero-order valence-electron chi connectivity index (χ0n) is 12.9. The van der Waals surface area contributed by atoms with Crippen molar-refractivity contribution < 1.29 is 19.0 Å². The summed E-state index contributed by atoms with van der Waals surface area (Å²) in [7, 11) is 4.84. The van der Waals surface area contributed by atoms with Crippen molar-refractivity contribution in [3.05, 3.63) is 53.1 Å². The molecule has 0 saturated carbocycles. The van der Waals surface area contributed by atoms with E-state index in [-0.39, 0.29) is 11.7 Å². The van der Waals surface area contributed by atoms with Crippen molar-refractivity contribution in [2.75, 3.05) is 21.3 Å². The molecule has 0 unspecified atom stereocenters. The molecular formula is C18H18O4. The maximum atomic E-state index is 12.4. The molecule has 2 aromatic rings. The molecule has 0 spiro atoms. The molecule has 0 aliphatic heterocycles. The van der Waals surface area contributed by atoms with Gasteiger partial charge in [-0.05, 0) is 23.8 Å². The van der Waals surface area contributed by atoms with Gasteiger partial charge in [0.1, 0.15) is 17.2 Å². The van der Waals surface area contributed by atoms with E-state index in [4.69, 9.17) is 14.2 Å². The van der Waals surface area contributed by atoms with Gasteiger partial charge in [0, 0.05) is 29.5 Å². The van der Waals surface area contributed by atoms with Crippen molar-refractivity contribution in [2.24, 2.45) is 0 Å². The summed E-state index contributed by atoms with van der Waals surface area (Å²) >= 11 is 0. The van der Waals surface area contributed by atoms with E-state index in [0.29, 0.717) is 23.5 Å². The molecule has 0 saturated heterocycles. The first-order valence-corrected chi connectivity index (χ1v) is 7.11. The Morgan fingerprint density at radius 2 is 1.59 bits per heavy atom. The lowest BCUT2D eigenvalue weighted by Gasteiger charge is -2.16. The van der Waals surface area contributed by atoms with Gasteiger partial charge in [0.15, 0.2) is 5.78 Å². The highest BCUT2D eigenvalue weighted by atomic mass is 16.5. The molecule has 0 bridgehead atoms. The Morgan fingerprint density at radius 3 is 2.18 bits per heavy atom. The SMILES string of the molecule is COc1ccc([C@@H]2CC(=O)c3cc(OC)cc(OC)c32)cc1. The smallest absolute Gasteiger partial charge is 0.164 e. The van der Waals surface area contributed by atoms with Gasteiger partial charge in [-0.3, -0.25) is 4.79 Å². The standard InChI is InChI=1S/C18H18O4/c1-20-12-6-4-11(5-7-12)14-10-16(19)15-8-13(21-2)9-17(22-3)18(14)15/h4-9,14H,10H2,1-3H3/t14-/m0/s1. The molecule has 0 radical (unpaired) electrons. The predicted octanol–water partition coefficient (Wildman–Crippen LogP) is 3.43. The highest BCUT2D eigenvalue weighted by Crippen LogP contribution is 2.45. The molecule has 1 atom stereocenters. The lowest BCUT2D eigenvalue weighted by Crippen LogP contribution is -2.00. The second kappa shape index (κ2) is 5.72. The van der Waals surface area contributed by atoms with Crippen molar-refractivity contribution in [1.82, 2.24) is 0 Å². The van der Waals surface area contributed by atoms with Gasteiger partial charge in [-0.15, -0.1) is 0 Å². The molecule has 2 aromatic carbocycles. The maximum Gasteiger partial charge on any atom is 0.164 e. The minimum Gasteiger partial charge on any atom is -0.497 e. The van der Waals surface area contributed by atoms with Gasteiger partial charge < -0.3 is 14.2 Å². The Bertz CT molecular complexity index is 704. The molecule has 22 heavy (non-hydrogen) atoms. The third-order valence-corrected chi connectivity index (χ3v) is 4.13. The van der Waals surface area contributed by atoms with E-state index in [0.717, 1.165) is 16.9 Å². The number of fused-ring (bicyclic) bond motifs is 1. The van der Waals surface area contributed by atoms with Crippen LogP contribution < -0.4 is 14.2 Å². The third-order valence-electron chi connectivity index (χ3n) is 4.13. The van der Waals surface area contributed by atoms with Crippen LogP contribution in [0.15, 0.2) is 36.4 Å². The molecule has 1 aliphatic carbocycles. The van der Waals surface area contributed by atoms with Crippen LogP contribution in [0.3, 0.4) is 0 Å². The number of carbonyl (C=O) groups is 1. The molecule has 0 N–H and O–H groups in total. The molecule has 1 aliphatic rings. The quantitative estimate of drug-likeness (QED) is 0.867. The van der Waals surface area contributed by atoms with Crippen molar-refractivity contribution in [1.29, 1.82) is 0 Å². The number of carbonyl (C=O) groups excluding carboxylic acids is 1. The van der Waals surface area contributed by atoms with Crippen LogP contribution in [0.1, 0.15) is 33.8 Å². The zero-order valence-corrected chi connectivity index (χ0v) is 12.9. The van der Waals surface area contributed by atoms with Gasteiger partial charge in [-0.1, -0.05) is 12.1 Å². The second-order valence-electron chi connectivity index (χ2n) is 5.24. The highest BCUT2D eigenvalue weighted by molar-refractivity contribution is 6.03. The minimum atomic E-state index is 0.00858. The lowest BCUT2D eigenvalue weighted by molar-refractivity contribution is 0.0991. The highest BCUT2D eigenvalue weighted by Gasteiger charge is 2.34. The fourth-order valence-corrected chi connectivity index (χ4v) is 3.00. The van der Waals surface area contributed by atoms with Gasteiger partial charge in [-0.2, -0.15) is 0 Å². The summed E-state index contributed by atoms with van der Waals surface area (Å²) in [6.45, 7) is 0. The Hall–Kier alpha value is -2.49. The summed E-state index contributed by atoms with van der Waals surface area (Å²) in [6.07, 6.45) is 0.450. The Balaban J connectivity index is 2.09. The van der Waals surface area contributed by atoms with Gasteiger partial charge in [-0.25, -0.2) is 0 Å². The van der Waals surface area contributed by atoms with Crippen molar-refractivity contribution in [3.63, 3.8) is 0 Å². The van der Waals surface area contributed by atoms with E-state index in [2.05, 4.69) is 0 Å². The zero-order chi connectivity index (χ0) is 15.7. The predicted molar refractivity (Wildman–Crippen MR) is 83.3 cm³/mol. The molecule has 4 nitrogen and oxygen atoms in total. The van der Waals surface area contributed by atoms with Crippen LogP contribution in [0.5, 0.6) is 17.2 Å². The second-order valence-corrected chi connectivity index (χ2v) is 5.24. The molecule has 0 fully saturated rings. The van der Waals surface area contributed by atoms with Crippen LogP contribution in [0.2, 0.25) is 0 Å². The average molecular weight is 298 g/mol.